The van der Waals surface area contributed by atoms with Gasteiger partial charge in [-0.2, -0.15) is 0 Å². The van der Waals surface area contributed by atoms with Crippen molar-refractivity contribution in [3.05, 3.63) is 29.6 Å². The number of rotatable bonds is 5. The molecule has 2 unspecified atom stereocenters. The lowest BCUT2D eigenvalue weighted by Crippen LogP contribution is -2.29. The second-order valence-electron chi connectivity index (χ2n) is 5.07. The molecule has 0 radical (unpaired) electrons. The molecule has 0 aromatic heterocycles. The monoisotopic (exact) mass is 266 g/mol. The van der Waals surface area contributed by atoms with Gasteiger partial charge in [-0.05, 0) is 56.7 Å². The zero-order chi connectivity index (χ0) is 13.8. The normalized spacial score (nSPS) is 23.8. The molecule has 1 aromatic rings. The van der Waals surface area contributed by atoms with Crippen LogP contribution in [0.3, 0.4) is 0 Å². The van der Waals surface area contributed by atoms with E-state index in [1.807, 2.05) is 13.1 Å². The molecule has 19 heavy (non-hydrogen) atoms. The summed E-state index contributed by atoms with van der Waals surface area (Å²) in [7, 11) is 3.47. The van der Waals surface area contributed by atoms with Crippen molar-refractivity contribution in [2.75, 3.05) is 33.8 Å². The van der Waals surface area contributed by atoms with Crippen LogP contribution in [0.2, 0.25) is 0 Å². The summed E-state index contributed by atoms with van der Waals surface area (Å²) in [6.45, 7) is 5.21. The van der Waals surface area contributed by atoms with Crippen molar-refractivity contribution in [1.29, 1.82) is 0 Å². The maximum Gasteiger partial charge on any atom is 0.165 e. The molecule has 1 saturated heterocycles. The number of likely N-dealkylation sites (tertiary alicyclic amines) is 1. The number of hydrogen-bond acceptors (Lipinski definition) is 3. The minimum absolute atomic E-state index is 0.272. The lowest BCUT2D eigenvalue weighted by atomic mass is 9.93. The molecular weight excluding hydrogens is 243 g/mol. The summed E-state index contributed by atoms with van der Waals surface area (Å²) in [6.07, 6.45) is 1.16. The van der Waals surface area contributed by atoms with Gasteiger partial charge in [0.05, 0.1) is 7.11 Å². The minimum atomic E-state index is -0.272. The zero-order valence-electron chi connectivity index (χ0n) is 11.9. The second-order valence-corrected chi connectivity index (χ2v) is 5.07. The SMILES string of the molecule is CCN1CCC(CNC)C1c1ccc(OC)c(F)c1. The molecule has 0 spiro atoms. The van der Waals surface area contributed by atoms with Gasteiger partial charge >= 0.3 is 0 Å². The van der Waals surface area contributed by atoms with Crippen LogP contribution in [-0.4, -0.2) is 38.7 Å². The molecular formula is C15H23FN2O. The van der Waals surface area contributed by atoms with Crippen LogP contribution in [-0.2, 0) is 0 Å². The van der Waals surface area contributed by atoms with Gasteiger partial charge in [-0.25, -0.2) is 4.39 Å². The smallest absolute Gasteiger partial charge is 0.165 e. The highest BCUT2D eigenvalue weighted by Crippen LogP contribution is 2.37. The molecule has 1 aromatic carbocycles. The molecule has 2 atom stereocenters. The first-order valence-corrected chi connectivity index (χ1v) is 6.93. The molecule has 0 saturated carbocycles. The topological polar surface area (TPSA) is 24.5 Å². The van der Waals surface area contributed by atoms with Gasteiger partial charge in [-0.15, -0.1) is 0 Å². The quantitative estimate of drug-likeness (QED) is 0.886. The van der Waals surface area contributed by atoms with Crippen LogP contribution in [0.25, 0.3) is 0 Å². The van der Waals surface area contributed by atoms with Crippen LogP contribution in [0, 0.1) is 11.7 Å². The summed E-state index contributed by atoms with van der Waals surface area (Å²) in [6, 6.07) is 5.65. The molecule has 0 amide bonds. The van der Waals surface area contributed by atoms with Gasteiger partial charge in [0.15, 0.2) is 11.6 Å². The van der Waals surface area contributed by atoms with E-state index in [1.54, 1.807) is 12.1 Å². The van der Waals surface area contributed by atoms with Crippen molar-refractivity contribution in [3.63, 3.8) is 0 Å². The first-order chi connectivity index (χ1) is 9.21. The Morgan fingerprint density at radius 1 is 1.47 bits per heavy atom. The van der Waals surface area contributed by atoms with E-state index in [0.717, 1.165) is 31.6 Å². The van der Waals surface area contributed by atoms with Crippen molar-refractivity contribution in [2.24, 2.45) is 5.92 Å². The first-order valence-electron chi connectivity index (χ1n) is 6.93. The van der Waals surface area contributed by atoms with Gasteiger partial charge in [0.1, 0.15) is 0 Å². The summed E-state index contributed by atoms with van der Waals surface area (Å²) in [5, 5.41) is 3.25. The molecule has 1 aliphatic rings. The van der Waals surface area contributed by atoms with Crippen molar-refractivity contribution < 1.29 is 9.13 Å². The fraction of sp³-hybridized carbons (Fsp3) is 0.600. The highest BCUT2D eigenvalue weighted by atomic mass is 19.1. The lowest BCUT2D eigenvalue weighted by molar-refractivity contribution is 0.237. The third-order valence-corrected chi connectivity index (χ3v) is 4.02. The lowest BCUT2D eigenvalue weighted by Gasteiger charge is -2.28. The Morgan fingerprint density at radius 3 is 2.84 bits per heavy atom. The van der Waals surface area contributed by atoms with Gasteiger partial charge in [-0.1, -0.05) is 13.0 Å². The van der Waals surface area contributed by atoms with Crippen molar-refractivity contribution in [1.82, 2.24) is 10.2 Å². The Morgan fingerprint density at radius 2 is 2.26 bits per heavy atom. The van der Waals surface area contributed by atoms with Crippen LogP contribution in [0.1, 0.15) is 24.9 Å². The Balaban J connectivity index is 2.27. The van der Waals surface area contributed by atoms with E-state index in [0.29, 0.717) is 17.7 Å². The Kier molecular flexibility index (Phi) is 4.77. The molecule has 0 aliphatic carbocycles. The van der Waals surface area contributed by atoms with Crippen LogP contribution >= 0.6 is 0 Å². The highest BCUT2D eigenvalue weighted by molar-refractivity contribution is 5.32. The van der Waals surface area contributed by atoms with Gasteiger partial charge in [0.25, 0.3) is 0 Å². The fourth-order valence-electron chi connectivity index (χ4n) is 3.11. The Labute approximate surface area is 114 Å². The summed E-state index contributed by atoms with van der Waals surface area (Å²) < 4.78 is 18.9. The number of methoxy groups -OCH3 is 1. The van der Waals surface area contributed by atoms with Crippen molar-refractivity contribution in [3.8, 4) is 5.75 Å². The molecule has 4 heteroatoms. The summed E-state index contributed by atoms with van der Waals surface area (Å²) in [4.78, 5) is 2.42. The maximum atomic E-state index is 13.9. The maximum absolute atomic E-state index is 13.9. The standard InChI is InChI=1S/C15H23FN2O/c1-4-18-8-7-12(10-17-2)15(18)11-5-6-14(19-3)13(16)9-11/h5-6,9,12,15,17H,4,7-8,10H2,1-3H3. The van der Waals surface area contributed by atoms with E-state index >= 15 is 0 Å². The van der Waals surface area contributed by atoms with E-state index in [1.165, 1.54) is 7.11 Å². The molecule has 2 rings (SSSR count). The summed E-state index contributed by atoms with van der Waals surface area (Å²) >= 11 is 0. The molecule has 1 fully saturated rings. The number of nitrogens with zero attached hydrogens (tertiary/aromatic N) is 1. The van der Waals surface area contributed by atoms with Gasteiger partial charge in [0, 0.05) is 6.04 Å². The third kappa shape index (κ3) is 2.90. The van der Waals surface area contributed by atoms with E-state index in [-0.39, 0.29) is 5.82 Å². The molecule has 1 N–H and O–H groups in total. The number of nitrogens with one attached hydrogen (secondary N) is 1. The molecule has 106 valence electrons. The van der Waals surface area contributed by atoms with Gasteiger partial charge in [-0.3, -0.25) is 4.90 Å². The Bertz CT molecular complexity index is 425. The van der Waals surface area contributed by atoms with Gasteiger partial charge < -0.3 is 10.1 Å². The van der Waals surface area contributed by atoms with Crippen LogP contribution in [0.15, 0.2) is 18.2 Å². The van der Waals surface area contributed by atoms with Crippen LogP contribution in [0.4, 0.5) is 4.39 Å². The second kappa shape index (κ2) is 6.35. The largest absolute Gasteiger partial charge is 0.494 e. The van der Waals surface area contributed by atoms with E-state index in [4.69, 9.17) is 4.74 Å². The summed E-state index contributed by atoms with van der Waals surface area (Å²) in [5.41, 5.74) is 1.05. The molecule has 0 bridgehead atoms. The van der Waals surface area contributed by atoms with Crippen LogP contribution < -0.4 is 10.1 Å². The number of benzene rings is 1. The fourth-order valence-corrected chi connectivity index (χ4v) is 3.11. The molecule has 3 nitrogen and oxygen atoms in total. The average molecular weight is 266 g/mol. The average Bonchev–Trinajstić information content (AvgIpc) is 2.82. The first kappa shape index (κ1) is 14.3. The number of halogens is 1. The zero-order valence-corrected chi connectivity index (χ0v) is 11.9. The molecule has 1 heterocycles. The predicted molar refractivity (Wildman–Crippen MR) is 75.0 cm³/mol. The van der Waals surface area contributed by atoms with Gasteiger partial charge in [0.2, 0.25) is 0 Å². The van der Waals surface area contributed by atoms with Crippen molar-refractivity contribution in [2.45, 2.75) is 19.4 Å². The number of ether oxygens (including phenoxy) is 1. The predicted octanol–water partition coefficient (Wildman–Crippen LogP) is 2.44. The van der Waals surface area contributed by atoms with E-state index < -0.39 is 0 Å². The van der Waals surface area contributed by atoms with Crippen molar-refractivity contribution >= 4 is 0 Å². The van der Waals surface area contributed by atoms with E-state index in [9.17, 15) is 4.39 Å². The summed E-state index contributed by atoms with van der Waals surface area (Å²) in [5.74, 6) is 0.582. The molecule has 1 aliphatic heterocycles. The minimum Gasteiger partial charge on any atom is -0.494 e. The Hall–Kier alpha value is -1.13. The highest BCUT2D eigenvalue weighted by Gasteiger charge is 2.34. The van der Waals surface area contributed by atoms with Crippen LogP contribution in [0.5, 0.6) is 5.75 Å². The van der Waals surface area contributed by atoms with E-state index in [2.05, 4.69) is 17.1 Å². The number of hydrogen-bond donors (Lipinski definition) is 1. The third-order valence-electron chi connectivity index (χ3n) is 4.02.